The number of piperidine rings is 1. The molecule has 1 aliphatic heterocycles. The van der Waals surface area contributed by atoms with Crippen molar-refractivity contribution < 1.29 is 22.4 Å². The summed E-state index contributed by atoms with van der Waals surface area (Å²) >= 11 is 0. The number of carbonyl (C=O) groups excluding carboxylic acids is 1. The standard InChI is InChI=1S/C18H21F4NO/c19-15-5-4-13(12-14(15)18(20,21)22)16(24)23-10-8-17(9-11-23)6-2-1-3-7-17/h4-5,12H,1-3,6-11H2. The molecule has 2 aliphatic rings. The molecule has 1 heterocycles. The number of halogens is 4. The summed E-state index contributed by atoms with van der Waals surface area (Å²) in [5.74, 6) is -1.79. The Kier molecular flexibility index (Phi) is 4.58. The second-order valence-corrected chi connectivity index (χ2v) is 7.05. The van der Waals surface area contributed by atoms with Crippen molar-refractivity contribution in [2.24, 2.45) is 5.41 Å². The predicted molar refractivity (Wildman–Crippen MR) is 82.1 cm³/mol. The molecule has 1 aromatic carbocycles. The Morgan fingerprint density at radius 1 is 1.00 bits per heavy atom. The topological polar surface area (TPSA) is 20.3 Å². The summed E-state index contributed by atoms with van der Waals surface area (Å²) in [5.41, 5.74) is -1.16. The number of benzene rings is 1. The molecule has 1 saturated heterocycles. The van der Waals surface area contributed by atoms with E-state index in [9.17, 15) is 22.4 Å². The van der Waals surface area contributed by atoms with Crippen LogP contribution in [0.2, 0.25) is 0 Å². The van der Waals surface area contributed by atoms with Gasteiger partial charge in [-0.25, -0.2) is 4.39 Å². The van der Waals surface area contributed by atoms with Crippen LogP contribution in [0.1, 0.15) is 60.9 Å². The molecule has 0 radical (unpaired) electrons. The Labute approximate surface area is 138 Å². The number of hydrogen-bond donors (Lipinski definition) is 0. The van der Waals surface area contributed by atoms with E-state index in [1.807, 2.05) is 0 Å². The lowest BCUT2D eigenvalue weighted by Crippen LogP contribution is -2.44. The fourth-order valence-electron chi connectivity index (χ4n) is 4.04. The maximum atomic E-state index is 13.4. The molecule has 1 saturated carbocycles. The first-order chi connectivity index (χ1) is 11.3. The van der Waals surface area contributed by atoms with Gasteiger partial charge in [0.15, 0.2) is 0 Å². The first-order valence-electron chi connectivity index (χ1n) is 8.47. The summed E-state index contributed by atoms with van der Waals surface area (Å²) in [6.45, 7) is 1.13. The number of alkyl halides is 3. The fraction of sp³-hybridized carbons (Fsp3) is 0.611. The smallest absolute Gasteiger partial charge is 0.339 e. The zero-order valence-electron chi connectivity index (χ0n) is 13.5. The van der Waals surface area contributed by atoms with E-state index in [2.05, 4.69) is 0 Å². The van der Waals surface area contributed by atoms with Crippen molar-refractivity contribution >= 4 is 5.91 Å². The third kappa shape index (κ3) is 3.42. The molecule has 2 nitrogen and oxygen atoms in total. The van der Waals surface area contributed by atoms with Gasteiger partial charge in [0.25, 0.3) is 5.91 Å². The van der Waals surface area contributed by atoms with Crippen LogP contribution in [0.5, 0.6) is 0 Å². The van der Waals surface area contributed by atoms with Gasteiger partial charge in [-0.15, -0.1) is 0 Å². The second kappa shape index (κ2) is 6.37. The number of nitrogens with zero attached hydrogens (tertiary/aromatic N) is 1. The summed E-state index contributed by atoms with van der Waals surface area (Å²) in [4.78, 5) is 14.1. The Morgan fingerprint density at radius 3 is 2.21 bits per heavy atom. The van der Waals surface area contributed by atoms with E-state index < -0.39 is 23.5 Å². The Morgan fingerprint density at radius 2 is 1.62 bits per heavy atom. The van der Waals surface area contributed by atoms with E-state index in [0.29, 0.717) is 24.6 Å². The van der Waals surface area contributed by atoms with Crippen molar-refractivity contribution in [2.75, 3.05) is 13.1 Å². The number of carbonyl (C=O) groups is 1. The number of likely N-dealkylation sites (tertiary alicyclic amines) is 1. The van der Waals surface area contributed by atoms with Gasteiger partial charge in [0, 0.05) is 18.7 Å². The summed E-state index contributed by atoms with van der Waals surface area (Å²) < 4.78 is 51.8. The van der Waals surface area contributed by atoms with Gasteiger partial charge in [-0.3, -0.25) is 4.79 Å². The van der Waals surface area contributed by atoms with E-state index in [4.69, 9.17) is 0 Å². The minimum absolute atomic E-state index is 0.0941. The highest BCUT2D eigenvalue weighted by Gasteiger charge is 2.38. The van der Waals surface area contributed by atoms with Gasteiger partial charge in [-0.2, -0.15) is 13.2 Å². The Bertz CT molecular complexity index is 610. The SMILES string of the molecule is O=C(c1ccc(F)c(C(F)(F)F)c1)N1CCC2(CCCCC2)CC1. The van der Waals surface area contributed by atoms with E-state index in [-0.39, 0.29) is 5.56 Å². The average Bonchev–Trinajstić information content (AvgIpc) is 2.55. The minimum Gasteiger partial charge on any atom is -0.339 e. The van der Waals surface area contributed by atoms with E-state index in [0.717, 1.165) is 25.0 Å². The minimum atomic E-state index is -4.80. The molecule has 1 aliphatic carbocycles. The zero-order chi connectivity index (χ0) is 17.4. The maximum absolute atomic E-state index is 13.4. The first kappa shape index (κ1) is 17.2. The van der Waals surface area contributed by atoms with Crippen LogP contribution >= 0.6 is 0 Å². The summed E-state index contributed by atoms with van der Waals surface area (Å²) in [6, 6.07) is 2.49. The Hall–Kier alpha value is -1.59. The quantitative estimate of drug-likeness (QED) is 0.655. The lowest BCUT2D eigenvalue weighted by atomic mass is 9.68. The first-order valence-corrected chi connectivity index (χ1v) is 8.47. The summed E-state index contributed by atoms with van der Waals surface area (Å²) in [6.07, 6.45) is 3.10. The van der Waals surface area contributed by atoms with Crippen LogP contribution in [0, 0.1) is 11.2 Å². The predicted octanol–water partition coefficient (Wildman–Crippen LogP) is 5.03. The molecule has 0 N–H and O–H groups in total. The third-order valence-corrected chi connectivity index (χ3v) is 5.54. The molecule has 24 heavy (non-hydrogen) atoms. The summed E-state index contributed by atoms with van der Waals surface area (Å²) in [7, 11) is 0. The third-order valence-electron chi connectivity index (χ3n) is 5.54. The fourth-order valence-corrected chi connectivity index (χ4v) is 4.04. The molecule has 1 amide bonds. The molecule has 0 atom stereocenters. The molecule has 6 heteroatoms. The van der Waals surface area contributed by atoms with Crippen molar-refractivity contribution in [3.63, 3.8) is 0 Å². The van der Waals surface area contributed by atoms with E-state index >= 15 is 0 Å². The second-order valence-electron chi connectivity index (χ2n) is 7.05. The molecule has 0 aromatic heterocycles. The molecule has 1 spiro atoms. The molecule has 0 bridgehead atoms. The van der Waals surface area contributed by atoms with Gasteiger partial charge >= 0.3 is 6.18 Å². The molecule has 2 fully saturated rings. The normalized spacial score (nSPS) is 21.1. The zero-order valence-corrected chi connectivity index (χ0v) is 13.5. The van der Waals surface area contributed by atoms with Crippen molar-refractivity contribution in [2.45, 2.75) is 51.1 Å². The monoisotopic (exact) mass is 343 g/mol. The highest BCUT2D eigenvalue weighted by Crippen LogP contribution is 2.44. The van der Waals surface area contributed by atoms with Gasteiger partial charge in [-0.1, -0.05) is 19.3 Å². The van der Waals surface area contributed by atoms with Crippen LogP contribution in [0.4, 0.5) is 17.6 Å². The van der Waals surface area contributed by atoms with Gasteiger partial charge in [0.1, 0.15) is 5.82 Å². The number of amides is 1. The lowest BCUT2D eigenvalue weighted by Gasteiger charge is -2.44. The van der Waals surface area contributed by atoms with E-state index in [1.54, 1.807) is 4.90 Å². The van der Waals surface area contributed by atoms with Crippen molar-refractivity contribution in [3.05, 3.63) is 35.1 Å². The van der Waals surface area contributed by atoms with Crippen molar-refractivity contribution in [1.29, 1.82) is 0 Å². The average molecular weight is 343 g/mol. The molecule has 0 unspecified atom stereocenters. The highest BCUT2D eigenvalue weighted by atomic mass is 19.4. The van der Waals surface area contributed by atoms with Crippen LogP contribution < -0.4 is 0 Å². The molecular weight excluding hydrogens is 322 g/mol. The van der Waals surface area contributed by atoms with Gasteiger partial charge in [-0.05, 0) is 49.3 Å². The molecule has 1 aromatic rings. The van der Waals surface area contributed by atoms with Crippen LogP contribution in [0.3, 0.4) is 0 Å². The number of hydrogen-bond acceptors (Lipinski definition) is 1. The van der Waals surface area contributed by atoms with Gasteiger partial charge in [0.05, 0.1) is 5.56 Å². The largest absolute Gasteiger partial charge is 0.419 e. The van der Waals surface area contributed by atoms with Gasteiger partial charge < -0.3 is 4.90 Å². The molecular formula is C18H21F4NO. The lowest BCUT2D eigenvalue weighted by molar-refractivity contribution is -0.140. The maximum Gasteiger partial charge on any atom is 0.419 e. The van der Waals surface area contributed by atoms with Crippen LogP contribution in [0.15, 0.2) is 18.2 Å². The van der Waals surface area contributed by atoms with Crippen LogP contribution in [-0.4, -0.2) is 23.9 Å². The molecule has 132 valence electrons. The Balaban J connectivity index is 1.72. The highest BCUT2D eigenvalue weighted by molar-refractivity contribution is 5.94. The van der Waals surface area contributed by atoms with Crippen LogP contribution in [-0.2, 0) is 6.18 Å². The number of rotatable bonds is 1. The molecule has 3 rings (SSSR count). The van der Waals surface area contributed by atoms with Crippen LogP contribution in [0.25, 0.3) is 0 Å². The van der Waals surface area contributed by atoms with Crippen molar-refractivity contribution in [1.82, 2.24) is 4.90 Å². The van der Waals surface area contributed by atoms with E-state index in [1.165, 1.54) is 32.1 Å². The van der Waals surface area contributed by atoms with Gasteiger partial charge in [0.2, 0.25) is 0 Å². The van der Waals surface area contributed by atoms with Crippen molar-refractivity contribution in [3.8, 4) is 0 Å². The summed E-state index contributed by atoms with van der Waals surface area (Å²) in [5, 5.41) is 0.